The second-order valence-electron chi connectivity index (χ2n) is 13.0. The van der Waals surface area contributed by atoms with Crippen molar-refractivity contribution in [1.82, 2.24) is 13.9 Å². The summed E-state index contributed by atoms with van der Waals surface area (Å²) in [5, 5.41) is 11.0. The van der Waals surface area contributed by atoms with E-state index in [1.165, 1.54) is 28.5 Å². The third-order valence-corrected chi connectivity index (χ3v) is 10.7. The van der Waals surface area contributed by atoms with Gasteiger partial charge in [0.2, 0.25) is 17.6 Å². The molecule has 3 aliphatic rings. The number of carbonyl (C=O) groups is 2. The van der Waals surface area contributed by atoms with Crippen LogP contribution in [0.2, 0.25) is 5.02 Å². The third kappa shape index (κ3) is 4.80. The first-order valence-electron chi connectivity index (χ1n) is 16.7. The average Bonchev–Trinajstić information content (AvgIpc) is 3.56. The lowest BCUT2D eigenvalue weighted by atomic mass is 9.54. The molecule has 1 aromatic heterocycles. The molecule has 11 nitrogen and oxygen atoms in total. The molecule has 0 bridgehead atoms. The molecular formula is C40H33ClN4O7. The Kier molecular flexibility index (Phi) is 8.02. The molecule has 1 saturated carbocycles. The number of methoxy groups -OCH3 is 2. The van der Waals surface area contributed by atoms with E-state index in [1.54, 1.807) is 72.8 Å². The van der Waals surface area contributed by atoms with Gasteiger partial charge in [-0.25, -0.2) is 28.4 Å². The molecule has 0 spiro atoms. The number of amides is 2. The van der Waals surface area contributed by atoms with Crippen molar-refractivity contribution in [2.24, 2.45) is 11.8 Å². The van der Waals surface area contributed by atoms with Gasteiger partial charge in [-0.15, -0.1) is 0 Å². The van der Waals surface area contributed by atoms with E-state index in [0.29, 0.717) is 27.5 Å². The monoisotopic (exact) mass is 716 g/mol. The fourth-order valence-electron chi connectivity index (χ4n) is 8.27. The number of para-hydroxylation sites is 1. The first-order chi connectivity index (χ1) is 25.2. The van der Waals surface area contributed by atoms with Crippen LogP contribution in [-0.2, 0) is 21.5 Å². The summed E-state index contributed by atoms with van der Waals surface area (Å²) in [4.78, 5) is 59.4. The molecule has 8 rings (SSSR count). The Labute approximate surface area is 302 Å². The first-order valence-corrected chi connectivity index (χ1v) is 17.1. The Hall–Kier alpha value is -6.07. The Morgan fingerprint density at radius 2 is 1.48 bits per heavy atom. The summed E-state index contributed by atoms with van der Waals surface area (Å²) < 4.78 is 14.8. The van der Waals surface area contributed by atoms with Crippen molar-refractivity contribution in [2.75, 3.05) is 19.1 Å². The van der Waals surface area contributed by atoms with Crippen LogP contribution in [0, 0.1) is 11.8 Å². The largest absolute Gasteiger partial charge is 0.502 e. The number of allylic oxidation sites excluding steroid dienone is 3. The Bertz CT molecular complexity index is 2410. The van der Waals surface area contributed by atoms with Gasteiger partial charge in [-0.05, 0) is 65.6 Å². The zero-order chi connectivity index (χ0) is 36.3. The Balaban J connectivity index is 1.38. The highest BCUT2D eigenvalue weighted by Crippen LogP contribution is 2.59. The Morgan fingerprint density at radius 3 is 2.13 bits per heavy atom. The first kappa shape index (κ1) is 33.1. The second kappa shape index (κ2) is 12.6. The predicted octanol–water partition coefficient (Wildman–Crippen LogP) is 5.52. The van der Waals surface area contributed by atoms with E-state index >= 15 is 4.79 Å². The number of phenols is 1. The molecule has 5 aromatic rings. The number of anilines is 1. The molecule has 4 unspecified atom stereocenters. The lowest BCUT2D eigenvalue weighted by molar-refractivity contribution is -0.124. The summed E-state index contributed by atoms with van der Waals surface area (Å²) in [7, 11) is 2.86. The van der Waals surface area contributed by atoms with Crippen LogP contribution in [0.15, 0.2) is 124 Å². The minimum atomic E-state index is -1.45. The van der Waals surface area contributed by atoms with Gasteiger partial charge in [0.15, 0.2) is 11.5 Å². The lowest BCUT2D eigenvalue weighted by Gasteiger charge is -2.48. The van der Waals surface area contributed by atoms with Gasteiger partial charge in [0, 0.05) is 10.9 Å². The van der Waals surface area contributed by atoms with Crippen molar-refractivity contribution in [3.63, 3.8) is 0 Å². The van der Waals surface area contributed by atoms with Crippen molar-refractivity contribution in [3.05, 3.63) is 152 Å². The van der Waals surface area contributed by atoms with Gasteiger partial charge in [-0.2, -0.15) is 0 Å². The zero-order valence-corrected chi connectivity index (χ0v) is 28.9. The highest BCUT2D eigenvalue weighted by Gasteiger charge is 2.67. The molecule has 12 heteroatoms. The molecule has 262 valence electrons. The molecule has 0 radical (unpaired) electrons. The highest BCUT2D eigenvalue weighted by atomic mass is 35.5. The number of carbonyl (C=O) groups excluding carboxylic acids is 2. The molecule has 1 N–H and O–H groups in total. The number of phenolic OH excluding ortho intramolecular Hbond substituents is 1. The van der Waals surface area contributed by atoms with Crippen molar-refractivity contribution < 1.29 is 24.2 Å². The number of aromatic hydroxyl groups is 1. The van der Waals surface area contributed by atoms with E-state index in [2.05, 4.69) is 0 Å². The molecule has 52 heavy (non-hydrogen) atoms. The van der Waals surface area contributed by atoms with E-state index < -0.39 is 46.5 Å². The quantitative estimate of drug-likeness (QED) is 0.174. The second-order valence-corrected chi connectivity index (χ2v) is 13.4. The maximum atomic E-state index is 15.3. The van der Waals surface area contributed by atoms with Gasteiger partial charge >= 0.3 is 11.4 Å². The molecule has 1 saturated heterocycles. The number of fused-ring (bicyclic) bond motifs is 4. The van der Waals surface area contributed by atoms with Gasteiger partial charge in [0.05, 0.1) is 49.5 Å². The van der Waals surface area contributed by atoms with Crippen LogP contribution in [0.1, 0.15) is 23.6 Å². The SMILES string of the molecule is COc1cc(C=CC2C3=CCn4c(=O)n(-c5ccccc5)c(=O)n4C3CC3C(=O)N(c4cccc(Cl)c4)C(=O)C23c2ccccc2)cc(OC)c1O. The molecule has 3 heterocycles. The molecule has 4 atom stereocenters. The van der Waals surface area contributed by atoms with Gasteiger partial charge in [-0.1, -0.05) is 84.4 Å². The number of halogens is 1. The van der Waals surface area contributed by atoms with Gasteiger partial charge in [0.1, 0.15) is 0 Å². The van der Waals surface area contributed by atoms with Crippen LogP contribution in [0.5, 0.6) is 17.2 Å². The molecular weight excluding hydrogens is 684 g/mol. The maximum absolute atomic E-state index is 15.3. The predicted molar refractivity (Wildman–Crippen MR) is 195 cm³/mol. The number of hydrogen-bond donors (Lipinski definition) is 1. The third-order valence-electron chi connectivity index (χ3n) is 10.5. The van der Waals surface area contributed by atoms with Crippen molar-refractivity contribution in [3.8, 4) is 22.9 Å². The van der Waals surface area contributed by atoms with E-state index in [0.717, 1.165) is 10.1 Å². The van der Waals surface area contributed by atoms with Crippen molar-refractivity contribution >= 4 is 35.2 Å². The van der Waals surface area contributed by atoms with Crippen LogP contribution in [0.4, 0.5) is 5.69 Å². The number of rotatable bonds is 7. The van der Waals surface area contributed by atoms with Gasteiger partial charge < -0.3 is 14.6 Å². The van der Waals surface area contributed by atoms with Gasteiger partial charge in [-0.3, -0.25) is 9.59 Å². The van der Waals surface area contributed by atoms with Gasteiger partial charge in [0.25, 0.3) is 0 Å². The molecule has 2 fully saturated rings. The van der Waals surface area contributed by atoms with Crippen LogP contribution in [0.3, 0.4) is 0 Å². The minimum absolute atomic E-state index is 0.0701. The number of aromatic nitrogens is 3. The summed E-state index contributed by atoms with van der Waals surface area (Å²) in [6.07, 6.45) is 5.63. The van der Waals surface area contributed by atoms with E-state index in [9.17, 15) is 19.5 Å². The van der Waals surface area contributed by atoms with E-state index in [4.69, 9.17) is 21.1 Å². The average molecular weight is 717 g/mol. The van der Waals surface area contributed by atoms with Crippen LogP contribution in [0.25, 0.3) is 11.8 Å². The fraction of sp³-hybridized carbons (Fsp3) is 0.200. The summed E-state index contributed by atoms with van der Waals surface area (Å²) in [5.74, 6) is -2.38. The normalized spacial score (nSPS) is 22.2. The van der Waals surface area contributed by atoms with E-state index in [1.807, 2.05) is 42.5 Å². The standard InChI is InChI=1S/C40H33ClN4O7/c1-51-33-20-24(21-34(52-2)35(33)46)16-17-30-29-18-19-42-38(49)44(27-13-7-4-8-14-27)39(50)45(42)32(29)23-31-36(47)43(28-15-9-12-26(41)22-28)37(48)40(30,31)25-10-5-3-6-11-25/h3-18,20-22,30-32,46H,19,23H2,1-2H3. The topological polar surface area (TPSA) is 125 Å². The molecule has 1 aliphatic carbocycles. The number of ether oxygens (including phenoxy) is 2. The van der Waals surface area contributed by atoms with Crippen molar-refractivity contribution in [2.45, 2.75) is 24.4 Å². The number of imide groups is 1. The fourth-order valence-corrected chi connectivity index (χ4v) is 8.45. The lowest BCUT2D eigenvalue weighted by Crippen LogP contribution is -2.53. The summed E-state index contributed by atoms with van der Waals surface area (Å²) in [6.45, 7) is 0.0701. The van der Waals surface area contributed by atoms with E-state index in [-0.39, 0.29) is 30.2 Å². The smallest absolute Gasteiger partial charge is 0.352 e. The number of benzene rings is 4. The summed E-state index contributed by atoms with van der Waals surface area (Å²) in [6, 6.07) is 27.1. The maximum Gasteiger partial charge on any atom is 0.352 e. The number of hydrogen-bond acceptors (Lipinski definition) is 7. The summed E-state index contributed by atoms with van der Waals surface area (Å²) in [5.41, 5.74) is 0.217. The molecule has 4 aromatic carbocycles. The van der Waals surface area contributed by atoms with Crippen LogP contribution >= 0.6 is 11.6 Å². The number of nitrogens with zero attached hydrogens (tertiary/aromatic N) is 4. The Morgan fingerprint density at radius 1 is 0.827 bits per heavy atom. The van der Waals surface area contributed by atoms with Crippen LogP contribution < -0.4 is 25.8 Å². The molecule has 2 aliphatic heterocycles. The van der Waals surface area contributed by atoms with Crippen molar-refractivity contribution in [1.29, 1.82) is 0 Å². The minimum Gasteiger partial charge on any atom is -0.502 e. The molecule has 2 amide bonds. The zero-order valence-electron chi connectivity index (χ0n) is 28.2. The van der Waals surface area contributed by atoms with Crippen LogP contribution in [-0.4, -0.2) is 45.1 Å². The highest BCUT2D eigenvalue weighted by molar-refractivity contribution is 6.32. The summed E-state index contributed by atoms with van der Waals surface area (Å²) >= 11 is 6.39.